The molecule has 0 saturated carbocycles. The van der Waals surface area contributed by atoms with Gasteiger partial charge in [-0.2, -0.15) is 0 Å². The van der Waals surface area contributed by atoms with Gasteiger partial charge in [0.2, 0.25) is 5.88 Å². The van der Waals surface area contributed by atoms with Gasteiger partial charge in [0, 0.05) is 20.8 Å². The van der Waals surface area contributed by atoms with Gasteiger partial charge in [-0.15, -0.1) is 0 Å². The lowest BCUT2D eigenvalue weighted by atomic mass is 10.1. The number of benzene rings is 1. The van der Waals surface area contributed by atoms with Gasteiger partial charge in [-0.05, 0) is 41.6 Å². The van der Waals surface area contributed by atoms with E-state index in [4.69, 9.17) is 4.74 Å². The predicted molar refractivity (Wildman–Crippen MR) is 89.6 cm³/mol. The standard InChI is InChI=1S/C16H15IN2O3/c1-10-13(17)6-7-14(18-10)22-9-8-19-15(20)11-4-2-3-5-12(11)16(19)21/h2-7,15,20H,8-9H2,1H3. The lowest BCUT2D eigenvalue weighted by Crippen LogP contribution is -2.32. The minimum Gasteiger partial charge on any atom is -0.476 e. The smallest absolute Gasteiger partial charge is 0.256 e. The summed E-state index contributed by atoms with van der Waals surface area (Å²) >= 11 is 2.21. The van der Waals surface area contributed by atoms with Crippen LogP contribution in [0.4, 0.5) is 0 Å². The Morgan fingerprint density at radius 1 is 1.32 bits per heavy atom. The fraction of sp³-hybridized carbons (Fsp3) is 0.250. The van der Waals surface area contributed by atoms with Crippen LogP contribution in [0.15, 0.2) is 36.4 Å². The lowest BCUT2D eigenvalue weighted by molar-refractivity contribution is 0.0121. The third kappa shape index (κ3) is 2.80. The first kappa shape index (κ1) is 15.2. The van der Waals surface area contributed by atoms with Crippen LogP contribution in [0.5, 0.6) is 5.88 Å². The molecule has 1 N–H and O–H groups in total. The fourth-order valence-electron chi connectivity index (χ4n) is 2.42. The number of carbonyl (C=O) groups excluding carboxylic acids is 1. The highest BCUT2D eigenvalue weighted by atomic mass is 127. The summed E-state index contributed by atoms with van der Waals surface area (Å²) in [6.45, 7) is 2.50. The van der Waals surface area contributed by atoms with Crippen molar-refractivity contribution < 1.29 is 14.6 Å². The first-order chi connectivity index (χ1) is 10.6. The molecule has 0 spiro atoms. The SMILES string of the molecule is Cc1nc(OCCN2C(=O)c3ccccc3C2O)ccc1I. The Hall–Kier alpha value is -1.67. The Bertz CT molecular complexity index is 720. The molecule has 114 valence electrons. The fourth-order valence-corrected chi connectivity index (χ4v) is 2.72. The third-order valence-electron chi connectivity index (χ3n) is 3.60. The Balaban J connectivity index is 1.63. The molecular formula is C16H15IN2O3. The number of pyridine rings is 1. The van der Waals surface area contributed by atoms with E-state index < -0.39 is 6.23 Å². The van der Waals surface area contributed by atoms with Gasteiger partial charge in [0.15, 0.2) is 6.23 Å². The van der Waals surface area contributed by atoms with Crippen molar-refractivity contribution in [3.8, 4) is 5.88 Å². The highest BCUT2D eigenvalue weighted by molar-refractivity contribution is 14.1. The number of hydrogen-bond donors (Lipinski definition) is 1. The van der Waals surface area contributed by atoms with E-state index in [1.54, 1.807) is 24.3 Å². The molecule has 2 aromatic rings. The van der Waals surface area contributed by atoms with Crippen molar-refractivity contribution >= 4 is 28.5 Å². The minimum atomic E-state index is -0.904. The zero-order valence-corrected chi connectivity index (χ0v) is 14.1. The van der Waals surface area contributed by atoms with E-state index in [0.717, 1.165) is 9.26 Å². The second-order valence-electron chi connectivity index (χ2n) is 5.02. The van der Waals surface area contributed by atoms with Crippen LogP contribution in [0.25, 0.3) is 0 Å². The molecule has 5 nitrogen and oxygen atoms in total. The van der Waals surface area contributed by atoms with E-state index in [2.05, 4.69) is 27.6 Å². The van der Waals surface area contributed by atoms with E-state index in [9.17, 15) is 9.90 Å². The average molecular weight is 410 g/mol. The van der Waals surface area contributed by atoms with Crippen LogP contribution in [0.1, 0.15) is 27.8 Å². The van der Waals surface area contributed by atoms with Gasteiger partial charge in [-0.1, -0.05) is 18.2 Å². The molecule has 1 atom stereocenters. The van der Waals surface area contributed by atoms with Crippen molar-refractivity contribution in [3.05, 3.63) is 56.8 Å². The topological polar surface area (TPSA) is 62.7 Å². The van der Waals surface area contributed by atoms with E-state index in [1.165, 1.54) is 4.90 Å². The summed E-state index contributed by atoms with van der Waals surface area (Å²) in [5.41, 5.74) is 2.11. The second kappa shape index (κ2) is 6.21. The summed E-state index contributed by atoms with van der Waals surface area (Å²) < 4.78 is 6.65. The zero-order chi connectivity index (χ0) is 15.7. The van der Waals surface area contributed by atoms with Crippen molar-refractivity contribution in [1.29, 1.82) is 0 Å². The van der Waals surface area contributed by atoms with Crippen molar-refractivity contribution in [2.24, 2.45) is 0 Å². The van der Waals surface area contributed by atoms with Gasteiger partial charge in [0.1, 0.15) is 6.61 Å². The van der Waals surface area contributed by atoms with Crippen molar-refractivity contribution in [1.82, 2.24) is 9.88 Å². The molecule has 0 bridgehead atoms. The molecule has 1 aliphatic rings. The van der Waals surface area contributed by atoms with Gasteiger partial charge in [-0.25, -0.2) is 4.98 Å². The number of fused-ring (bicyclic) bond motifs is 1. The molecule has 0 fully saturated rings. The molecule has 1 aromatic heterocycles. The Morgan fingerprint density at radius 2 is 2.09 bits per heavy atom. The molecule has 1 aromatic carbocycles. The quantitative estimate of drug-likeness (QED) is 0.788. The molecule has 1 aliphatic heterocycles. The molecule has 0 saturated heterocycles. The number of rotatable bonds is 4. The number of amides is 1. The zero-order valence-electron chi connectivity index (χ0n) is 12.0. The number of aromatic nitrogens is 1. The van der Waals surface area contributed by atoms with E-state index in [1.807, 2.05) is 19.1 Å². The highest BCUT2D eigenvalue weighted by Gasteiger charge is 2.34. The molecule has 3 rings (SSSR count). The first-order valence-electron chi connectivity index (χ1n) is 6.92. The van der Waals surface area contributed by atoms with Crippen molar-refractivity contribution in [2.45, 2.75) is 13.2 Å². The largest absolute Gasteiger partial charge is 0.476 e. The van der Waals surface area contributed by atoms with E-state index >= 15 is 0 Å². The molecular weight excluding hydrogens is 395 g/mol. The average Bonchev–Trinajstić information content (AvgIpc) is 2.76. The molecule has 1 amide bonds. The van der Waals surface area contributed by atoms with Gasteiger partial charge >= 0.3 is 0 Å². The highest BCUT2D eigenvalue weighted by Crippen LogP contribution is 2.30. The number of nitrogens with zero attached hydrogens (tertiary/aromatic N) is 2. The third-order valence-corrected chi connectivity index (χ3v) is 4.74. The maximum atomic E-state index is 12.2. The Labute approximate surface area is 142 Å². The van der Waals surface area contributed by atoms with Crippen molar-refractivity contribution in [2.75, 3.05) is 13.2 Å². The molecule has 22 heavy (non-hydrogen) atoms. The van der Waals surface area contributed by atoms with Crippen LogP contribution in [0, 0.1) is 10.5 Å². The van der Waals surface area contributed by atoms with Crippen LogP contribution in [-0.2, 0) is 0 Å². The maximum absolute atomic E-state index is 12.2. The van der Waals surface area contributed by atoms with Gasteiger partial charge in [-0.3, -0.25) is 4.79 Å². The summed E-state index contributed by atoms with van der Waals surface area (Å²) in [6.07, 6.45) is -0.904. The van der Waals surface area contributed by atoms with Crippen LogP contribution >= 0.6 is 22.6 Å². The molecule has 1 unspecified atom stereocenters. The minimum absolute atomic E-state index is 0.168. The molecule has 6 heteroatoms. The number of ether oxygens (including phenoxy) is 1. The molecule has 0 radical (unpaired) electrons. The second-order valence-corrected chi connectivity index (χ2v) is 6.19. The van der Waals surface area contributed by atoms with E-state index in [-0.39, 0.29) is 12.5 Å². The summed E-state index contributed by atoms with van der Waals surface area (Å²) in [5.74, 6) is 0.356. The van der Waals surface area contributed by atoms with Crippen molar-refractivity contribution in [3.63, 3.8) is 0 Å². The van der Waals surface area contributed by atoms with Gasteiger partial charge in [0.05, 0.1) is 12.2 Å². The van der Waals surface area contributed by atoms with Crippen LogP contribution in [-0.4, -0.2) is 34.0 Å². The summed E-state index contributed by atoms with van der Waals surface area (Å²) in [6, 6.07) is 10.8. The monoisotopic (exact) mass is 410 g/mol. The number of carbonyl (C=O) groups is 1. The normalized spacial score (nSPS) is 16.8. The number of aryl methyl sites for hydroxylation is 1. The maximum Gasteiger partial charge on any atom is 0.256 e. The molecule has 0 aliphatic carbocycles. The number of halogens is 1. The lowest BCUT2D eigenvalue weighted by Gasteiger charge is -2.20. The Kier molecular flexibility index (Phi) is 4.30. The van der Waals surface area contributed by atoms with E-state index in [0.29, 0.717) is 23.6 Å². The summed E-state index contributed by atoms with van der Waals surface area (Å²) in [7, 11) is 0. The van der Waals surface area contributed by atoms with Crippen LogP contribution in [0.2, 0.25) is 0 Å². The summed E-state index contributed by atoms with van der Waals surface area (Å²) in [5, 5.41) is 10.2. The summed E-state index contributed by atoms with van der Waals surface area (Å²) in [4.78, 5) is 18.0. The van der Waals surface area contributed by atoms with Gasteiger partial charge in [0.25, 0.3) is 5.91 Å². The van der Waals surface area contributed by atoms with Crippen LogP contribution in [0.3, 0.4) is 0 Å². The Morgan fingerprint density at radius 3 is 2.82 bits per heavy atom. The van der Waals surface area contributed by atoms with Crippen LogP contribution < -0.4 is 4.74 Å². The molecule has 2 heterocycles. The first-order valence-corrected chi connectivity index (χ1v) is 7.99. The predicted octanol–water partition coefficient (Wildman–Crippen LogP) is 2.52. The number of hydrogen-bond acceptors (Lipinski definition) is 4. The number of aliphatic hydroxyl groups is 1. The number of aliphatic hydroxyl groups excluding tert-OH is 1. The van der Waals surface area contributed by atoms with Gasteiger partial charge < -0.3 is 14.7 Å².